The number of urea groups is 1. The molecule has 3 aliphatic rings. The number of aliphatic carboxylic acids is 1. The molecular weight excluding hydrogens is 270 g/mol. The van der Waals surface area contributed by atoms with E-state index < -0.39 is 12.0 Å². The van der Waals surface area contributed by atoms with Gasteiger partial charge in [-0.15, -0.1) is 0 Å². The molecule has 1 atom stereocenters. The molecule has 1 unspecified atom stereocenters. The van der Waals surface area contributed by atoms with Crippen molar-refractivity contribution in [1.29, 1.82) is 0 Å². The number of carboxylic acids is 1. The van der Waals surface area contributed by atoms with Crippen LogP contribution in [-0.2, 0) is 4.79 Å². The van der Waals surface area contributed by atoms with Gasteiger partial charge in [0.05, 0.1) is 0 Å². The van der Waals surface area contributed by atoms with Crippen LogP contribution in [0.3, 0.4) is 0 Å². The normalized spacial score (nSPS) is 25.0. The van der Waals surface area contributed by atoms with Gasteiger partial charge in [0.1, 0.15) is 6.04 Å². The quantitative estimate of drug-likeness (QED) is 0.793. The smallest absolute Gasteiger partial charge is 0.320 e. The topological polar surface area (TPSA) is 72.9 Å². The summed E-state index contributed by atoms with van der Waals surface area (Å²) in [4.78, 5) is 27.1. The van der Waals surface area contributed by atoms with Crippen molar-refractivity contribution in [1.82, 2.24) is 15.1 Å². The zero-order valence-corrected chi connectivity index (χ0v) is 12.6. The van der Waals surface area contributed by atoms with Crippen LogP contribution in [0.4, 0.5) is 4.79 Å². The van der Waals surface area contributed by atoms with Gasteiger partial charge in [-0.2, -0.15) is 0 Å². The maximum absolute atomic E-state index is 12.4. The van der Waals surface area contributed by atoms with Gasteiger partial charge in [-0.25, -0.2) is 4.79 Å². The summed E-state index contributed by atoms with van der Waals surface area (Å²) in [5, 5.41) is 12.3. The summed E-state index contributed by atoms with van der Waals surface area (Å²) >= 11 is 0. The van der Waals surface area contributed by atoms with E-state index in [4.69, 9.17) is 5.11 Å². The number of nitrogens with zero attached hydrogens (tertiary/aromatic N) is 2. The minimum absolute atomic E-state index is 0.0430. The van der Waals surface area contributed by atoms with Gasteiger partial charge in [-0.3, -0.25) is 9.69 Å². The van der Waals surface area contributed by atoms with Crippen molar-refractivity contribution in [3.63, 3.8) is 0 Å². The summed E-state index contributed by atoms with van der Waals surface area (Å²) in [5.41, 5.74) is 0. The molecule has 6 nitrogen and oxygen atoms in total. The molecule has 0 bridgehead atoms. The maximum Gasteiger partial charge on any atom is 0.320 e. The number of carbonyl (C=O) groups excluding carboxylic acids is 1. The molecule has 2 N–H and O–H groups in total. The van der Waals surface area contributed by atoms with Crippen LogP contribution >= 0.6 is 0 Å². The lowest BCUT2D eigenvalue weighted by Crippen LogP contribution is -2.56. The summed E-state index contributed by atoms with van der Waals surface area (Å²) in [6, 6.07) is -0.0456. The van der Waals surface area contributed by atoms with Gasteiger partial charge in [0, 0.05) is 32.2 Å². The Balaban J connectivity index is 1.47. The van der Waals surface area contributed by atoms with Crippen molar-refractivity contribution >= 4 is 12.0 Å². The number of hydrogen-bond acceptors (Lipinski definition) is 3. The molecule has 2 saturated carbocycles. The molecule has 1 heterocycles. The van der Waals surface area contributed by atoms with E-state index in [1.54, 1.807) is 6.92 Å². The number of nitrogens with one attached hydrogen (secondary N) is 1. The molecule has 0 radical (unpaired) electrons. The molecule has 21 heavy (non-hydrogen) atoms. The zero-order chi connectivity index (χ0) is 15.0. The second kappa shape index (κ2) is 5.83. The predicted octanol–water partition coefficient (Wildman–Crippen LogP) is 0.975. The molecule has 0 spiro atoms. The number of rotatable bonds is 5. The monoisotopic (exact) mass is 295 g/mol. The Hall–Kier alpha value is -1.30. The van der Waals surface area contributed by atoms with E-state index in [1.165, 1.54) is 25.7 Å². The molecule has 0 aromatic heterocycles. The van der Waals surface area contributed by atoms with E-state index in [0.717, 1.165) is 0 Å². The number of carbonyl (C=O) groups is 2. The summed E-state index contributed by atoms with van der Waals surface area (Å²) in [5.74, 6) is 0.611. The second-order valence-corrected chi connectivity index (χ2v) is 6.69. The molecule has 0 aromatic carbocycles. The lowest BCUT2D eigenvalue weighted by molar-refractivity contribution is -0.143. The Kier molecular flexibility index (Phi) is 4.06. The fourth-order valence-corrected chi connectivity index (χ4v) is 3.23. The summed E-state index contributed by atoms with van der Waals surface area (Å²) in [6.45, 7) is 4.21. The summed E-state index contributed by atoms with van der Waals surface area (Å²) < 4.78 is 0. The molecule has 6 heteroatoms. The van der Waals surface area contributed by atoms with E-state index in [2.05, 4.69) is 5.32 Å². The maximum atomic E-state index is 12.4. The molecule has 1 aliphatic heterocycles. The zero-order valence-electron chi connectivity index (χ0n) is 12.6. The van der Waals surface area contributed by atoms with Crippen LogP contribution in [0.1, 0.15) is 32.6 Å². The van der Waals surface area contributed by atoms with E-state index >= 15 is 0 Å². The van der Waals surface area contributed by atoms with E-state index in [0.29, 0.717) is 44.1 Å². The Morgan fingerprint density at radius 3 is 2.00 bits per heavy atom. The molecule has 2 aliphatic carbocycles. The lowest BCUT2D eigenvalue weighted by atomic mass is 10.1. The van der Waals surface area contributed by atoms with Crippen LogP contribution in [0, 0.1) is 11.8 Å². The third kappa shape index (κ3) is 3.48. The van der Waals surface area contributed by atoms with Gasteiger partial charge >= 0.3 is 12.0 Å². The van der Waals surface area contributed by atoms with Crippen LogP contribution in [0.25, 0.3) is 0 Å². The van der Waals surface area contributed by atoms with Gasteiger partial charge in [-0.1, -0.05) is 0 Å². The van der Waals surface area contributed by atoms with Crippen molar-refractivity contribution < 1.29 is 14.7 Å². The Labute approximate surface area is 125 Å². The van der Waals surface area contributed by atoms with Gasteiger partial charge < -0.3 is 15.3 Å². The highest BCUT2D eigenvalue weighted by molar-refractivity contribution is 5.75. The SMILES string of the molecule is CC(C(=O)O)N1CCN(C(=O)NC(C2CC2)C2CC2)CC1. The summed E-state index contributed by atoms with van der Waals surface area (Å²) in [7, 11) is 0. The van der Waals surface area contributed by atoms with Crippen LogP contribution in [0.2, 0.25) is 0 Å². The average molecular weight is 295 g/mol. The Bertz CT molecular complexity index is 400. The molecule has 3 rings (SSSR count). The lowest BCUT2D eigenvalue weighted by Gasteiger charge is -2.37. The Morgan fingerprint density at radius 1 is 1.05 bits per heavy atom. The third-order valence-corrected chi connectivity index (χ3v) is 5.06. The highest BCUT2D eigenvalue weighted by Gasteiger charge is 2.42. The second-order valence-electron chi connectivity index (χ2n) is 6.69. The van der Waals surface area contributed by atoms with Crippen molar-refractivity contribution in [3.05, 3.63) is 0 Å². The molecular formula is C15H25N3O3. The number of amides is 2. The number of piperazine rings is 1. The largest absolute Gasteiger partial charge is 0.480 e. The highest BCUT2D eigenvalue weighted by atomic mass is 16.4. The number of hydrogen-bond donors (Lipinski definition) is 2. The molecule has 0 aromatic rings. The van der Waals surface area contributed by atoms with Gasteiger partial charge in [0.15, 0.2) is 0 Å². The minimum atomic E-state index is -0.796. The predicted molar refractivity (Wildman–Crippen MR) is 78.0 cm³/mol. The molecule has 3 fully saturated rings. The van der Waals surface area contributed by atoms with Gasteiger partial charge in [0.2, 0.25) is 0 Å². The van der Waals surface area contributed by atoms with Crippen LogP contribution in [-0.4, -0.2) is 65.2 Å². The van der Waals surface area contributed by atoms with E-state index in [9.17, 15) is 9.59 Å². The first-order valence-corrected chi connectivity index (χ1v) is 8.08. The van der Waals surface area contributed by atoms with Crippen molar-refractivity contribution in [3.8, 4) is 0 Å². The van der Waals surface area contributed by atoms with Gasteiger partial charge in [-0.05, 0) is 44.4 Å². The van der Waals surface area contributed by atoms with Crippen LogP contribution in [0.5, 0.6) is 0 Å². The highest BCUT2D eigenvalue weighted by Crippen LogP contribution is 2.44. The minimum Gasteiger partial charge on any atom is -0.480 e. The molecule has 118 valence electrons. The first-order chi connectivity index (χ1) is 10.1. The van der Waals surface area contributed by atoms with Gasteiger partial charge in [0.25, 0.3) is 0 Å². The molecule has 1 saturated heterocycles. The summed E-state index contributed by atoms with van der Waals surface area (Å²) in [6.07, 6.45) is 5.02. The van der Waals surface area contributed by atoms with Crippen molar-refractivity contribution in [2.24, 2.45) is 11.8 Å². The molecule has 2 amide bonds. The van der Waals surface area contributed by atoms with E-state index in [-0.39, 0.29) is 6.03 Å². The first kappa shape index (κ1) is 14.6. The van der Waals surface area contributed by atoms with Crippen molar-refractivity contribution in [2.45, 2.75) is 44.7 Å². The third-order valence-electron chi connectivity index (χ3n) is 5.06. The standard InChI is InChI=1S/C15H25N3O3/c1-10(14(19)20)17-6-8-18(9-7-17)15(21)16-13(11-2-3-11)12-4-5-12/h10-13H,2-9H2,1H3,(H,16,21)(H,19,20). The van der Waals surface area contributed by atoms with Crippen LogP contribution in [0.15, 0.2) is 0 Å². The fraction of sp³-hybridized carbons (Fsp3) is 0.867. The first-order valence-electron chi connectivity index (χ1n) is 8.08. The van der Waals surface area contributed by atoms with Crippen LogP contribution < -0.4 is 5.32 Å². The van der Waals surface area contributed by atoms with Crippen molar-refractivity contribution in [2.75, 3.05) is 26.2 Å². The fourth-order valence-electron chi connectivity index (χ4n) is 3.23. The number of carboxylic acid groups (broad SMARTS) is 1. The Morgan fingerprint density at radius 2 is 1.57 bits per heavy atom. The van der Waals surface area contributed by atoms with E-state index in [1.807, 2.05) is 9.80 Å². The average Bonchev–Trinajstić information content (AvgIpc) is 3.37.